The molecule has 0 saturated heterocycles. The highest BCUT2D eigenvalue weighted by Gasteiger charge is 2.16. The number of anilines is 2. The van der Waals surface area contributed by atoms with Crippen molar-refractivity contribution in [3.05, 3.63) is 48.0 Å². The van der Waals surface area contributed by atoms with E-state index in [1.807, 2.05) is 24.3 Å². The first-order chi connectivity index (χ1) is 11.0. The summed E-state index contributed by atoms with van der Waals surface area (Å²) in [4.78, 5) is 12.3. The lowest BCUT2D eigenvalue weighted by Crippen LogP contribution is -2.30. The molecule has 122 valence electrons. The highest BCUT2D eigenvalue weighted by molar-refractivity contribution is 5.95. The summed E-state index contributed by atoms with van der Waals surface area (Å²) in [5.74, 6) is 0.916. The second-order valence-electron chi connectivity index (χ2n) is 5.21. The minimum Gasteiger partial charge on any atom is -0.494 e. The summed E-state index contributed by atoms with van der Waals surface area (Å²) in [6.45, 7) is 3.79. The molecule has 0 aliphatic carbocycles. The first-order valence-corrected chi connectivity index (χ1v) is 7.53. The Kier molecular flexibility index (Phi) is 5.46. The molecule has 1 atom stereocenters. The van der Waals surface area contributed by atoms with Crippen LogP contribution in [0, 0.1) is 0 Å². The SMILES string of the molecule is CCc1ccc(OC(C)C(=O)Nc2ccc(N)cc2OC)cc1. The van der Waals surface area contributed by atoms with Gasteiger partial charge in [-0.25, -0.2) is 0 Å². The van der Waals surface area contributed by atoms with E-state index in [9.17, 15) is 4.79 Å². The first-order valence-electron chi connectivity index (χ1n) is 7.53. The van der Waals surface area contributed by atoms with Crippen LogP contribution < -0.4 is 20.5 Å². The zero-order valence-electron chi connectivity index (χ0n) is 13.6. The van der Waals surface area contributed by atoms with E-state index in [4.69, 9.17) is 15.2 Å². The molecule has 2 aromatic rings. The number of amides is 1. The van der Waals surface area contributed by atoms with Gasteiger partial charge in [-0.2, -0.15) is 0 Å². The van der Waals surface area contributed by atoms with Crippen LogP contribution in [0.1, 0.15) is 19.4 Å². The fourth-order valence-corrected chi connectivity index (χ4v) is 2.11. The van der Waals surface area contributed by atoms with E-state index in [1.54, 1.807) is 25.1 Å². The van der Waals surface area contributed by atoms with E-state index < -0.39 is 6.10 Å². The van der Waals surface area contributed by atoms with Crippen LogP contribution in [0.15, 0.2) is 42.5 Å². The number of benzene rings is 2. The number of nitrogen functional groups attached to an aromatic ring is 1. The predicted octanol–water partition coefficient (Wildman–Crippen LogP) is 3.25. The Morgan fingerprint density at radius 2 is 1.91 bits per heavy atom. The maximum absolute atomic E-state index is 12.3. The maximum Gasteiger partial charge on any atom is 0.265 e. The van der Waals surface area contributed by atoms with Gasteiger partial charge in [0, 0.05) is 11.8 Å². The molecule has 2 aromatic carbocycles. The second-order valence-corrected chi connectivity index (χ2v) is 5.21. The molecule has 0 aliphatic heterocycles. The number of carbonyl (C=O) groups is 1. The summed E-state index contributed by atoms with van der Waals surface area (Å²) >= 11 is 0. The van der Waals surface area contributed by atoms with Crippen LogP contribution in [0.5, 0.6) is 11.5 Å². The van der Waals surface area contributed by atoms with E-state index >= 15 is 0 Å². The molecule has 0 aromatic heterocycles. The summed E-state index contributed by atoms with van der Waals surface area (Å²) in [6.07, 6.45) is 0.331. The van der Waals surface area contributed by atoms with Crippen LogP contribution in [0.25, 0.3) is 0 Å². The largest absolute Gasteiger partial charge is 0.494 e. The van der Waals surface area contributed by atoms with Crippen molar-refractivity contribution in [3.8, 4) is 11.5 Å². The van der Waals surface area contributed by atoms with E-state index in [2.05, 4.69) is 12.2 Å². The highest BCUT2D eigenvalue weighted by atomic mass is 16.5. The summed E-state index contributed by atoms with van der Waals surface area (Å²) < 4.78 is 10.9. The molecule has 0 saturated carbocycles. The molecule has 0 spiro atoms. The number of rotatable bonds is 6. The normalized spacial score (nSPS) is 11.6. The van der Waals surface area contributed by atoms with Crippen molar-refractivity contribution in [2.45, 2.75) is 26.4 Å². The minimum absolute atomic E-state index is 0.257. The van der Waals surface area contributed by atoms with Gasteiger partial charge in [0.2, 0.25) is 0 Å². The summed E-state index contributed by atoms with van der Waals surface area (Å²) in [5, 5.41) is 2.79. The van der Waals surface area contributed by atoms with Gasteiger partial charge in [-0.3, -0.25) is 4.79 Å². The van der Waals surface area contributed by atoms with Crippen molar-refractivity contribution in [2.75, 3.05) is 18.2 Å². The van der Waals surface area contributed by atoms with E-state index in [-0.39, 0.29) is 5.91 Å². The lowest BCUT2D eigenvalue weighted by atomic mass is 10.2. The number of nitrogens with one attached hydrogen (secondary N) is 1. The van der Waals surface area contributed by atoms with Gasteiger partial charge in [0.1, 0.15) is 11.5 Å². The number of methoxy groups -OCH3 is 1. The fraction of sp³-hybridized carbons (Fsp3) is 0.278. The third-order valence-electron chi connectivity index (χ3n) is 3.50. The van der Waals surface area contributed by atoms with E-state index in [0.29, 0.717) is 22.9 Å². The molecule has 0 radical (unpaired) electrons. The minimum atomic E-state index is -0.635. The topological polar surface area (TPSA) is 73.6 Å². The lowest BCUT2D eigenvalue weighted by Gasteiger charge is -2.16. The monoisotopic (exact) mass is 314 g/mol. The summed E-state index contributed by atoms with van der Waals surface area (Å²) in [7, 11) is 1.53. The first kappa shape index (κ1) is 16.7. The Balaban J connectivity index is 2.02. The molecule has 5 heteroatoms. The second kappa shape index (κ2) is 7.54. The van der Waals surface area contributed by atoms with Gasteiger partial charge >= 0.3 is 0 Å². The molecule has 0 bridgehead atoms. The summed E-state index contributed by atoms with van der Waals surface area (Å²) in [5.41, 5.74) is 8.05. The van der Waals surface area contributed by atoms with Crippen LogP contribution in [-0.4, -0.2) is 19.1 Å². The Morgan fingerprint density at radius 3 is 2.52 bits per heavy atom. The standard InChI is InChI=1S/C18H22N2O3/c1-4-13-5-8-15(9-6-13)23-12(2)18(21)20-16-10-7-14(19)11-17(16)22-3/h5-12H,4,19H2,1-3H3,(H,20,21). The van der Waals surface area contributed by atoms with Gasteiger partial charge in [-0.1, -0.05) is 19.1 Å². The molecular weight excluding hydrogens is 292 g/mol. The van der Waals surface area contributed by atoms with Crippen LogP contribution in [0.2, 0.25) is 0 Å². The molecule has 2 rings (SSSR count). The average molecular weight is 314 g/mol. The molecule has 0 heterocycles. The van der Waals surface area contributed by atoms with Crippen molar-refractivity contribution >= 4 is 17.3 Å². The van der Waals surface area contributed by atoms with Gasteiger partial charge < -0.3 is 20.5 Å². The Morgan fingerprint density at radius 1 is 1.22 bits per heavy atom. The average Bonchev–Trinajstić information content (AvgIpc) is 2.57. The third kappa shape index (κ3) is 4.39. The lowest BCUT2D eigenvalue weighted by molar-refractivity contribution is -0.122. The van der Waals surface area contributed by atoms with Crippen LogP contribution >= 0.6 is 0 Å². The van der Waals surface area contributed by atoms with Gasteiger partial charge in [-0.15, -0.1) is 0 Å². The predicted molar refractivity (Wildman–Crippen MR) is 91.9 cm³/mol. The maximum atomic E-state index is 12.3. The van der Waals surface area contributed by atoms with Crippen molar-refractivity contribution in [2.24, 2.45) is 0 Å². The van der Waals surface area contributed by atoms with Crippen molar-refractivity contribution < 1.29 is 14.3 Å². The van der Waals surface area contributed by atoms with Crippen LogP contribution in [0.3, 0.4) is 0 Å². The van der Waals surface area contributed by atoms with E-state index in [0.717, 1.165) is 6.42 Å². The smallest absolute Gasteiger partial charge is 0.265 e. The number of hydrogen-bond acceptors (Lipinski definition) is 4. The van der Waals surface area contributed by atoms with Gasteiger partial charge in [0.05, 0.1) is 12.8 Å². The van der Waals surface area contributed by atoms with Gasteiger partial charge in [0.15, 0.2) is 6.10 Å². The number of carbonyl (C=O) groups excluding carboxylic acids is 1. The molecule has 0 fully saturated rings. The molecular formula is C18H22N2O3. The highest BCUT2D eigenvalue weighted by Crippen LogP contribution is 2.27. The Hall–Kier alpha value is -2.69. The quantitative estimate of drug-likeness (QED) is 0.803. The molecule has 5 nitrogen and oxygen atoms in total. The number of aryl methyl sites for hydroxylation is 1. The van der Waals surface area contributed by atoms with Crippen molar-refractivity contribution in [1.29, 1.82) is 0 Å². The third-order valence-corrected chi connectivity index (χ3v) is 3.50. The zero-order chi connectivity index (χ0) is 16.8. The molecule has 0 aliphatic rings. The molecule has 1 amide bonds. The fourth-order valence-electron chi connectivity index (χ4n) is 2.11. The van der Waals surface area contributed by atoms with Crippen LogP contribution in [0.4, 0.5) is 11.4 Å². The van der Waals surface area contributed by atoms with E-state index in [1.165, 1.54) is 12.7 Å². The number of hydrogen-bond donors (Lipinski definition) is 2. The Bertz CT molecular complexity index is 668. The molecule has 1 unspecified atom stereocenters. The zero-order valence-corrected chi connectivity index (χ0v) is 13.6. The summed E-state index contributed by atoms with van der Waals surface area (Å²) in [6, 6.07) is 12.8. The van der Waals surface area contributed by atoms with Gasteiger partial charge in [0.25, 0.3) is 5.91 Å². The number of nitrogens with two attached hydrogens (primary N) is 1. The van der Waals surface area contributed by atoms with Gasteiger partial charge in [-0.05, 0) is 43.2 Å². The van der Waals surface area contributed by atoms with Crippen molar-refractivity contribution in [3.63, 3.8) is 0 Å². The molecule has 23 heavy (non-hydrogen) atoms. The van der Waals surface area contributed by atoms with Crippen LogP contribution in [-0.2, 0) is 11.2 Å². The molecule has 3 N–H and O–H groups in total. The Labute approximate surface area is 136 Å². The van der Waals surface area contributed by atoms with Crippen molar-refractivity contribution in [1.82, 2.24) is 0 Å². The number of ether oxygens (including phenoxy) is 2.